The minimum Gasteiger partial charge on any atom is -0.467 e. The van der Waals surface area contributed by atoms with Gasteiger partial charge in [-0.3, -0.25) is 14.4 Å². The van der Waals surface area contributed by atoms with Gasteiger partial charge in [-0.15, -0.1) is 0 Å². The predicted octanol–water partition coefficient (Wildman–Crippen LogP) is 2.54. The second kappa shape index (κ2) is 10.8. The van der Waals surface area contributed by atoms with Crippen LogP contribution in [0.2, 0.25) is 0 Å². The highest BCUT2D eigenvalue weighted by molar-refractivity contribution is 9.10. The summed E-state index contributed by atoms with van der Waals surface area (Å²) in [4.78, 5) is 53.6. The van der Waals surface area contributed by atoms with Crippen molar-refractivity contribution in [2.24, 2.45) is 11.8 Å². The molecular weight excluding hydrogens is 523 g/mol. The molecule has 3 unspecified atom stereocenters. The van der Waals surface area contributed by atoms with E-state index in [1.54, 1.807) is 6.07 Å². The van der Waals surface area contributed by atoms with Crippen LogP contribution in [0.5, 0.6) is 0 Å². The molecule has 1 aliphatic carbocycles. The topological polar surface area (TPSA) is 129 Å². The van der Waals surface area contributed by atoms with Crippen LogP contribution in [-0.2, 0) is 19.1 Å². The Bertz CT molecular complexity index is 1110. The highest BCUT2D eigenvalue weighted by Crippen LogP contribution is 2.34. The summed E-state index contributed by atoms with van der Waals surface area (Å²) in [5.74, 6) is -2.48. The molecule has 35 heavy (non-hydrogen) atoms. The average Bonchev–Trinajstić information content (AvgIpc) is 3.54. The summed E-state index contributed by atoms with van der Waals surface area (Å²) in [5, 5.41) is 8.44. The van der Waals surface area contributed by atoms with Gasteiger partial charge in [-0.1, -0.05) is 12.8 Å². The summed E-state index contributed by atoms with van der Waals surface area (Å²) >= 11 is 3.33. The van der Waals surface area contributed by atoms with E-state index in [9.17, 15) is 23.6 Å². The number of aromatic nitrogens is 1. The maximum absolute atomic E-state index is 14.2. The molecule has 2 fully saturated rings. The molecule has 0 spiro atoms. The van der Waals surface area contributed by atoms with E-state index >= 15 is 0 Å². The lowest BCUT2D eigenvalue weighted by Crippen LogP contribution is -2.53. The number of hydrogen-bond donors (Lipinski definition) is 4. The molecule has 188 valence electrons. The zero-order valence-corrected chi connectivity index (χ0v) is 20.9. The largest absolute Gasteiger partial charge is 0.467 e. The second-order valence-corrected chi connectivity index (χ2v) is 10.0. The molecule has 0 radical (unpaired) electrons. The average molecular weight is 551 g/mol. The molecule has 3 atom stereocenters. The highest BCUT2D eigenvalue weighted by Gasteiger charge is 2.35. The van der Waals surface area contributed by atoms with Crippen molar-refractivity contribution < 1.29 is 28.3 Å². The van der Waals surface area contributed by atoms with Crippen LogP contribution in [-0.4, -0.2) is 54.4 Å². The molecule has 2 aliphatic rings. The molecule has 1 saturated carbocycles. The number of ether oxygens (including phenoxy) is 1. The lowest BCUT2D eigenvalue weighted by molar-refractivity contribution is -0.146. The standard InChI is InChI=1S/C24H28BrFN4O5/c1-35-24(34)19(10-13-3-2-8-27-21(13)31)30-22(32)17(9-12-4-5-12)29-23(33)18-11-14-16(26)7-6-15(25)20(14)28-18/h6-7,11-13,17,19,28H,2-5,8-10H2,1H3,(H,27,31)(H,29,33)(H,30,32). The zero-order valence-electron chi connectivity index (χ0n) is 19.3. The van der Waals surface area contributed by atoms with Crippen LogP contribution < -0.4 is 16.0 Å². The number of aromatic amines is 1. The number of nitrogens with one attached hydrogen (secondary N) is 4. The van der Waals surface area contributed by atoms with Crippen LogP contribution in [0.3, 0.4) is 0 Å². The van der Waals surface area contributed by atoms with Crippen LogP contribution in [0.15, 0.2) is 22.7 Å². The third kappa shape index (κ3) is 6.01. The fourth-order valence-electron chi connectivity index (χ4n) is 4.40. The number of rotatable bonds is 9. The van der Waals surface area contributed by atoms with Gasteiger partial charge in [0.25, 0.3) is 5.91 Å². The van der Waals surface area contributed by atoms with Crippen LogP contribution in [0, 0.1) is 17.7 Å². The van der Waals surface area contributed by atoms with Gasteiger partial charge < -0.3 is 25.7 Å². The summed E-state index contributed by atoms with van der Waals surface area (Å²) in [6.45, 7) is 0.592. The smallest absolute Gasteiger partial charge is 0.328 e. The lowest BCUT2D eigenvalue weighted by Gasteiger charge is -2.27. The van der Waals surface area contributed by atoms with E-state index < -0.39 is 41.6 Å². The fraction of sp³-hybridized carbons (Fsp3) is 0.500. The first-order valence-electron chi connectivity index (χ1n) is 11.7. The Labute approximate surface area is 210 Å². The van der Waals surface area contributed by atoms with E-state index in [0.29, 0.717) is 35.3 Å². The number of amides is 3. The number of esters is 1. The molecule has 11 heteroatoms. The zero-order chi connectivity index (χ0) is 25.1. The first kappa shape index (κ1) is 25.2. The van der Waals surface area contributed by atoms with Crippen molar-refractivity contribution >= 4 is 50.5 Å². The van der Waals surface area contributed by atoms with Gasteiger partial charge in [-0.2, -0.15) is 0 Å². The van der Waals surface area contributed by atoms with E-state index in [1.807, 2.05) is 0 Å². The van der Waals surface area contributed by atoms with Gasteiger partial charge >= 0.3 is 5.97 Å². The number of hydrogen-bond acceptors (Lipinski definition) is 5. The van der Waals surface area contributed by atoms with Crippen LogP contribution in [0.1, 0.15) is 49.0 Å². The van der Waals surface area contributed by atoms with Gasteiger partial charge in [0.1, 0.15) is 23.6 Å². The number of halogens is 2. The van der Waals surface area contributed by atoms with E-state index in [-0.39, 0.29) is 23.4 Å². The normalized spacial score (nSPS) is 19.5. The maximum Gasteiger partial charge on any atom is 0.328 e. The molecule has 2 aromatic rings. The minimum absolute atomic E-state index is 0.114. The molecular formula is C24H28BrFN4O5. The summed E-state index contributed by atoms with van der Waals surface area (Å²) in [7, 11) is 1.22. The second-order valence-electron chi connectivity index (χ2n) is 9.16. The number of carbonyl (C=O) groups is 4. The summed E-state index contributed by atoms with van der Waals surface area (Å²) in [5.41, 5.74) is 0.553. The molecule has 1 aromatic heterocycles. The van der Waals surface area contributed by atoms with Gasteiger partial charge in [-0.05, 0) is 65.7 Å². The predicted molar refractivity (Wildman–Crippen MR) is 129 cm³/mol. The molecule has 0 bridgehead atoms. The SMILES string of the molecule is COC(=O)C(CC1CCCNC1=O)NC(=O)C(CC1CC1)NC(=O)c1cc2c(F)ccc(Br)c2[nH]1. The summed E-state index contributed by atoms with van der Waals surface area (Å²) in [6.07, 6.45) is 3.83. The van der Waals surface area contributed by atoms with Crippen molar-refractivity contribution in [3.05, 3.63) is 34.2 Å². The van der Waals surface area contributed by atoms with Crippen molar-refractivity contribution in [2.45, 2.75) is 50.6 Å². The molecule has 4 N–H and O–H groups in total. The van der Waals surface area contributed by atoms with Crippen molar-refractivity contribution in [1.29, 1.82) is 0 Å². The van der Waals surface area contributed by atoms with E-state index in [1.165, 1.54) is 19.2 Å². The Morgan fingerprint density at radius 3 is 2.60 bits per heavy atom. The fourth-order valence-corrected chi connectivity index (χ4v) is 4.85. The minimum atomic E-state index is -1.02. The Balaban J connectivity index is 1.48. The highest BCUT2D eigenvalue weighted by atomic mass is 79.9. The van der Waals surface area contributed by atoms with Crippen molar-refractivity contribution in [3.63, 3.8) is 0 Å². The maximum atomic E-state index is 14.2. The number of carbonyl (C=O) groups excluding carboxylic acids is 4. The number of benzene rings is 1. The number of piperidine rings is 1. The summed E-state index contributed by atoms with van der Waals surface area (Å²) in [6, 6.07) is 2.32. The molecule has 1 aliphatic heterocycles. The van der Waals surface area contributed by atoms with E-state index in [0.717, 1.165) is 19.3 Å². The van der Waals surface area contributed by atoms with Gasteiger partial charge in [0.05, 0.1) is 12.6 Å². The van der Waals surface area contributed by atoms with Gasteiger partial charge in [-0.25, -0.2) is 9.18 Å². The molecule has 9 nitrogen and oxygen atoms in total. The van der Waals surface area contributed by atoms with Crippen LogP contribution in [0.4, 0.5) is 4.39 Å². The van der Waals surface area contributed by atoms with Gasteiger partial charge in [0, 0.05) is 22.3 Å². The first-order chi connectivity index (χ1) is 16.8. The Kier molecular flexibility index (Phi) is 7.73. The van der Waals surface area contributed by atoms with Crippen molar-refractivity contribution in [1.82, 2.24) is 20.9 Å². The number of fused-ring (bicyclic) bond motifs is 1. The molecule has 3 amide bonds. The van der Waals surface area contributed by atoms with Gasteiger partial charge in [0.2, 0.25) is 11.8 Å². The van der Waals surface area contributed by atoms with Crippen molar-refractivity contribution in [2.75, 3.05) is 13.7 Å². The van der Waals surface area contributed by atoms with Crippen LogP contribution in [0.25, 0.3) is 10.9 Å². The Morgan fingerprint density at radius 1 is 1.17 bits per heavy atom. The quantitative estimate of drug-likeness (QED) is 0.356. The van der Waals surface area contributed by atoms with Crippen LogP contribution >= 0.6 is 15.9 Å². The van der Waals surface area contributed by atoms with Crippen molar-refractivity contribution in [3.8, 4) is 0 Å². The molecule has 1 saturated heterocycles. The van der Waals surface area contributed by atoms with E-state index in [4.69, 9.17) is 4.74 Å². The third-order valence-electron chi connectivity index (χ3n) is 6.54. The first-order valence-corrected chi connectivity index (χ1v) is 12.5. The molecule has 1 aromatic carbocycles. The molecule has 2 heterocycles. The number of H-pyrrole nitrogens is 1. The Morgan fingerprint density at radius 2 is 1.94 bits per heavy atom. The lowest BCUT2D eigenvalue weighted by atomic mass is 9.91. The monoisotopic (exact) mass is 550 g/mol. The Hall–Kier alpha value is -2.95. The van der Waals surface area contributed by atoms with E-state index in [2.05, 4.69) is 36.9 Å². The number of methoxy groups -OCH3 is 1. The molecule has 4 rings (SSSR count). The summed E-state index contributed by atoms with van der Waals surface area (Å²) < 4.78 is 19.6. The van der Waals surface area contributed by atoms with Gasteiger partial charge in [0.15, 0.2) is 0 Å². The third-order valence-corrected chi connectivity index (χ3v) is 7.20.